The molecule has 1 fully saturated rings. The van der Waals surface area contributed by atoms with Gasteiger partial charge in [-0.15, -0.1) is 0 Å². The van der Waals surface area contributed by atoms with E-state index in [9.17, 15) is 9.59 Å². The van der Waals surface area contributed by atoms with E-state index in [0.717, 1.165) is 36.1 Å². The van der Waals surface area contributed by atoms with Crippen LogP contribution in [0.15, 0.2) is 4.52 Å². The molecular weight excluding hydrogens is 332 g/mol. The fraction of sp³-hybridized carbons (Fsp3) is 0.632. The number of nitrogens with zero attached hydrogens (tertiary/aromatic N) is 4. The third kappa shape index (κ3) is 2.09. The Morgan fingerprint density at radius 1 is 1.31 bits per heavy atom. The summed E-state index contributed by atoms with van der Waals surface area (Å²) < 4.78 is 6.96. The summed E-state index contributed by atoms with van der Waals surface area (Å²) in [6.45, 7) is 7.87. The summed E-state index contributed by atoms with van der Waals surface area (Å²) >= 11 is 0. The van der Waals surface area contributed by atoms with Crippen molar-refractivity contribution in [2.75, 3.05) is 0 Å². The standard InChI is InChI=1S/C19H24N4O3/c1-10-20-17(22-26-10)14-12-6-7-13-18(2,3)16(25)11(9-24)8-19(13,4)15(12)21-23(14)5/h9,11,13H,6-8H2,1-5H3/t11?,13-,19-/m0/s1. The van der Waals surface area contributed by atoms with Gasteiger partial charge in [-0.05, 0) is 25.2 Å². The Morgan fingerprint density at radius 3 is 2.65 bits per heavy atom. The van der Waals surface area contributed by atoms with Crippen molar-refractivity contribution in [3.63, 3.8) is 0 Å². The van der Waals surface area contributed by atoms with Gasteiger partial charge < -0.3 is 9.32 Å². The third-order valence-corrected chi connectivity index (χ3v) is 6.53. The summed E-state index contributed by atoms with van der Waals surface area (Å²) in [5.74, 6) is 0.693. The van der Waals surface area contributed by atoms with E-state index >= 15 is 0 Å². The second kappa shape index (κ2) is 5.34. The minimum atomic E-state index is -0.574. The Balaban J connectivity index is 1.89. The number of hydrogen-bond donors (Lipinski definition) is 0. The largest absolute Gasteiger partial charge is 0.339 e. The minimum absolute atomic E-state index is 0.0587. The smallest absolute Gasteiger partial charge is 0.223 e. The number of ketones is 1. The van der Waals surface area contributed by atoms with Crippen molar-refractivity contribution in [2.45, 2.75) is 52.4 Å². The molecule has 1 saturated carbocycles. The van der Waals surface area contributed by atoms with E-state index in [2.05, 4.69) is 17.1 Å². The molecule has 138 valence electrons. The molecule has 7 nitrogen and oxygen atoms in total. The molecule has 1 unspecified atom stereocenters. The van der Waals surface area contributed by atoms with Crippen molar-refractivity contribution in [3.05, 3.63) is 17.1 Å². The van der Waals surface area contributed by atoms with Gasteiger partial charge in [-0.3, -0.25) is 9.48 Å². The third-order valence-electron chi connectivity index (χ3n) is 6.53. The summed E-state index contributed by atoms with van der Waals surface area (Å²) in [5.41, 5.74) is 2.08. The zero-order valence-electron chi connectivity index (χ0n) is 15.9. The second-order valence-corrected chi connectivity index (χ2v) is 8.48. The van der Waals surface area contributed by atoms with Gasteiger partial charge in [0.2, 0.25) is 11.7 Å². The van der Waals surface area contributed by atoms with E-state index in [1.165, 1.54) is 0 Å². The van der Waals surface area contributed by atoms with Crippen molar-refractivity contribution >= 4 is 12.1 Å². The first-order chi connectivity index (χ1) is 12.2. The highest BCUT2D eigenvalue weighted by molar-refractivity contribution is 5.98. The van der Waals surface area contributed by atoms with Crippen LogP contribution < -0.4 is 0 Å². The number of carbonyl (C=O) groups is 2. The summed E-state index contributed by atoms with van der Waals surface area (Å²) in [7, 11) is 1.88. The number of carbonyl (C=O) groups excluding carboxylic acids is 2. The predicted octanol–water partition coefficient (Wildman–Crippen LogP) is 2.41. The van der Waals surface area contributed by atoms with Gasteiger partial charge >= 0.3 is 0 Å². The monoisotopic (exact) mass is 356 g/mol. The van der Waals surface area contributed by atoms with Gasteiger partial charge in [0.05, 0.1) is 11.6 Å². The maximum Gasteiger partial charge on any atom is 0.223 e. The summed E-state index contributed by atoms with van der Waals surface area (Å²) in [4.78, 5) is 28.8. The Kier molecular flexibility index (Phi) is 3.52. The maximum absolute atomic E-state index is 12.8. The molecule has 0 aromatic carbocycles. The molecule has 2 aromatic rings. The molecule has 26 heavy (non-hydrogen) atoms. The lowest BCUT2D eigenvalue weighted by Gasteiger charge is -2.53. The number of aromatic nitrogens is 4. The van der Waals surface area contributed by atoms with Gasteiger partial charge in [0.1, 0.15) is 17.8 Å². The van der Waals surface area contributed by atoms with E-state index in [1.807, 2.05) is 25.6 Å². The topological polar surface area (TPSA) is 90.9 Å². The van der Waals surface area contributed by atoms with Crippen LogP contribution in [0, 0.1) is 24.2 Å². The van der Waals surface area contributed by atoms with Gasteiger partial charge in [0.25, 0.3) is 0 Å². The fourth-order valence-corrected chi connectivity index (χ4v) is 5.42. The molecule has 3 atom stereocenters. The average Bonchev–Trinajstić information content (AvgIpc) is 3.14. The van der Waals surface area contributed by atoms with Crippen molar-refractivity contribution in [3.8, 4) is 11.5 Å². The summed E-state index contributed by atoms with van der Waals surface area (Å²) in [6.07, 6.45) is 3.02. The van der Waals surface area contributed by atoms with Crippen LogP contribution in [0.25, 0.3) is 11.5 Å². The molecule has 2 aromatic heterocycles. The quantitative estimate of drug-likeness (QED) is 0.606. The highest BCUT2D eigenvalue weighted by Gasteiger charge is 2.58. The molecule has 0 aliphatic heterocycles. The van der Waals surface area contributed by atoms with Crippen LogP contribution >= 0.6 is 0 Å². The van der Waals surface area contributed by atoms with Crippen LogP contribution in [0.2, 0.25) is 0 Å². The number of hydrogen-bond acceptors (Lipinski definition) is 6. The zero-order valence-corrected chi connectivity index (χ0v) is 15.9. The van der Waals surface area contributed by atoms with Crippen molar-refractivity contribution in [2.24, 2.45) is 24.3 Å². The van der Waals surface area contributed by atoms with Crippen LogP contribution in [0.4, 0.5) is 0 Å². The maximum atomic E-state index is 12.8. The highest BCUT2D eigenvalue weighted by Crippen LogP contribution is 2.57. The predicted molar refractivity (Wildman–Crippen MR) is 93.4 cm³/mol. The molecule has 2 heterocycles. The first-order valence-corrected chi connectivity index (χ1v) is 9.06. The Hall–Kier alpha value is -2.31. The molecule has 7 heteroatoms. The molecule has 0 saturated heterocycles. The second-order valence-electron chi connectivity index (χ2n) is 8.48. The lowest BCUT2D eigenvalue weighted by atomic mass is 9.49. The van der Waals surface area contributed by atoms with Crippen LogP contribution in [0.3, 0.4) is 0 Å². The van der Waals surface area contributed by atoms with E-state index in [0.29, 0.717) is 18.1 Å². The average molecular weight is 356 g/mol. The SMILES string of the molecule is Cc1nc(-c2c3c(nn2C)[C@@]2(C)CC(C=O)C(=O)C(C)(C)[C@@H]2CC3)no1. The summed E-state index contributed by atoms with van der Waals surface area (Å²) in [6, 6.07) is 0. The van der Waals surface area contributed by atoms with Crippen LogP contribution in [0.5, 0.6) is 0 Å². The first kappa shape index (κ1) is 17.1. The molecule has 0 spiro atoms. The zero-order chi connectivity index (χ0) is 18.9. The lowest BCUT2D eigenvalue weighted by Crippen LogP contribution is -2.56. The molecular formula is C19H24N4O3. The van der Waals surface area contributed by atoms with E-state index in [1.54, 1.807) is 6.92 Å². The molecule has 2 aliphatic carbocycles. The number of fused-ring (bicyclic) bond motifs is 3. The molecule has 2 aliphatic rings. The van der Waals surface area contributed by atoms with Gasteiger partial charge in [0.15, 0.2) is 0 Å². The van der Waals surface area contributed by atoms with Gasteiger partial charge in [0, 0.05) is 30.4 Å². The lowest BCUT2D eigenvalue weighted by molar-refractivity contribution is -0.145. The number of aryl methyl sites for hydroxylation is 2. The fourth-order valence-electron chi connectivity index (χ4n) is 5.42. The Morgan fingerprint density at radius 2 is 2.04 bits per heavy atom. The highest BCUT2D eigenvalue weighted by atomic mass is 16.5. The molecule has 0 N–H and O–H groups in total. The molecule has 0 radical (unpaired) electrons. The Bertz CT molecular complexity index is 910. The molecule has 4 rings (SSSR count). The van der Waals surface area contributed by atoms with Gasteiger partial charge in [-0.25, -0.2) is 0 Å². The van der Waals surface area contributed by atoms with Crippen molar-refractivity contribution in [1.82, 2.24) is 19.9 Å². The minimum Gasteiger partial charge on any atom is -0.339 e. The van der Waals surface area contributed by atoms with Crippen molar-refractivity contribution in [1.29, 1.82) is 0 Å². The van der Waals surface area contributed by atoms with Gasteiger partial charge in [-0.2, -0.15) is 10.1 Å². The van der Waals surface area contributed by atoms with E-state index in [4.69, 9.17) is 9.62 Å². The normalized spacial score (nSPS) is 30.0. The summed E-state index contributed by atoms with van der Waals surface area (Å²) in [5, 5.41) is 8.89. The first-order valence-electron chi connectivity index (χ1n) is 9.06. The molecule has 0 amide bonds. The number of rotatable bonds is 2. The van der Waals surface area contributed by atoms with Crippen molar-refractivity contribution < 1.29 is 14.1 Å². The van der Waals surface area contributed by atoms with Gasteiger partial charge in [-0.1, -0.05) is 25.9 Å². The van der Waals surface area contributed by atoms with Crippen LogP contribution in [-0.2, 0) is 28.5 Å². The number of Topliss-reactive ketones (excluding diaryl/α,β-unsaturated/α-hetero) is 1. The van der Waals surface area contributed by atoms with E-state index < -0.39 is 11.3 Å². The molecule has 0 bridgehead atoms. The van der Waals surface area contributed by atoms with Crippen LogP contribution in [-0.4, -0.2) is 32.0 Å². The Labute approximate surface area is 152 Å². The number of aldehydes is 1. The van der Waals surface area contributed by atoms with Crippen LogP contribution in [0.1, 0.15) is 50.8 Å². The van der Waals surface area contributed by atoms with E-state index in [-0.39, 0.29) is 17.1 Å².